The number of esters is 1. The lowest BCUT2D eigenvalue weighted by Crippen LogP contribution is -2.44. The molecule has 1 atom stereocenters. The zero-order valence-corrected chi connectivity index (χ0v) is 13.7. The fraction of sp³-hybridized carbons (Fsp3) is 0.176. The van der Waals surface area contributed by atoms with Crippen molar-refractivity contribution in [3.63, 3.8) is 0 Å². The number of phenols is 1. The zero-order valence-electron chi connectivity index (χ0n) is 13.0. The van der Waals surface area contributed by atoms with Crippen LogP contribution in [0.1, 0.15) is 17.3 Å². The zero-order chi connectivity index (χ0) is 17.9. The molecule has 0 aliphatic heterocycles. The third kappa shape index (κ3) is 3.65. The van der Waals surface area contributed by atoms with Gasteiger partial charge in [0.05, 0.1) is 12.1 Å². The fourth-order valence-electron chi connectivity index (χ4n) is 2.21. The molecule has 0 bridgehead atoms. The number of amides is 1. The predicted molar refractivity (Wildman–Crippen MR) is 87.8 cm³/mol. The molecule has 7 heteroatoms. The van der Waals surface area contributed by atoms with Crippen molar-refractivity contribution in [1.29, 1.82) is 0 Å². The van der Waals surface area contributed by atoms with Crippen molar-refractivity contribution in [3.05, 3.63) is 58.9 Å². The molecular formula is C17H15ClFNO4. The van der Waals surface area contributed by atoms with Crippen molar-refractivity contribution in [2.45, 2.75) is 13.0 Å². The van der Waals surface area contributed by atoms with E-state index in [9.17, 15) is 19.1 Å². The van der Waals surface area contributed by atoms with Gasteiger partial charge < -0.3 is 9.84 Å². The molecule has 0 aliphatic rings. The van der Waals surface area contributed by atoms with Gasteiger partial charge in [0.2, 0.25) is 0 Å². The average molecular weight is 352 g/mol. The first-order valence-electron chi connectivity index (χ1n) is 7.00. The Morgan fingerprint density at radius 1 is 1.25 bits per heavy atom. The largest absolute Gasteiger partial charge is 0.508 e. The standard InChI is InChI=1S/C17H15ClFNO4/c1-10(17(23)24-2)20(12-6-7-15(19)14(18)9-12)16(22)11-4-3-5-13(21)8-11/h3-10,21H,1-2H3. The Labute approximate surface area is 143 Å². The Morgan fingerprint density at radius 3 is 2.54 bits per heavy atom. The molecule has 0 spiro atoms. The second kappa shape index (κ2) is 7.31. The van der Waals surface area contributed by atoms with Crippen molar-refractivity contribution in [1.82, 2.24) is 0 Å². The summed E-state index contributed by atoms with van der Waals surface area (Å²) in [6.45, 7) is 1.48. The van der Waals surface area contributed by atoms with Crippen LogP contribution in [-0.4, -0.2) is 30.1 Å². The van der Waals surface area contributed by atoms with E-state index in [2.05, 4.69) is 4.74 Å². The molecule has 2 aromatic rings. The molecule has 0 saturated heterocycles. The summed E-state index contributed by atoms with van der Waals surface area (Å²) in [5.74, 6) is -1.95. The van der Waals surface area contributed by atoms with E-state index in [0.29, 0.717) is 0 Å². The molecule has 2 aromatic carbocycles. The maximum atomic E-state index is 13.4. The van der Waals surface area contributed by atoms with Crippen LogP contribution in [0.5, 0.6) is 5.75 Å². The lowest BCUT2D eigenvalue weighted by molar-refractivity contribution is -0.141. The molecule has 1 N–H and O–H groups in total. The van der Waals surface area contributed by atoms with E-state index in [1.165, 1.54) is 50.4 Å². The fourth-order valence-corrected chi connectivity index (χ4v) is 2.38. The Morgan fingerprint density at radius 2 is 1.96 bits per heavy atom. The number of anilines is 1. The summed E-state index contributed by atoms with van der Waals surface area (Å²) in [5.41, 5.74) is 0.388. The smallest absolute Gasteiger partial charge is 0.328 e. The van der Waals surface area contributed by atoms with Crippen LogP contribution < -0.4 is 4.90 Å². The molecule has 1 amide bonds. The van der Waals surface area contributed by atoms with E-state index >= 15 is 0 Å². The molecular weight excluding hydrogens is 337 g/mol. The van der Waals surface area contributed by atoms with Gasteiger partial charge in [-0.25, -0.2) is 9.18 Å². The number of methoxy groups -OCH3 is 1. The van der Waals surface area contributed by atoms with Crippen molar-refractivity contribution < 1.29 is 23.8 Å². The number of aromatic hydroxyl groups is 1. The van der Waals surface area contributed by atoms with Gasteiger partial charge in [0.15, 0.2) is 0 Å². The van der Waals surface area contributed by atoms with Crippen LogP contribution in [0, 0.1) is 5.82 Å². The molecule has 0 heterocycles. The van der Waals surface area contributed by atoms with Crippen molar-refractivity contribution in [3.8, 4) is 5.75 Å². The molecule has 5 nitrogen and oxygen atoms in total. The summed E-state index contributed by atoms with van der Waals surface area (Å²) in [7, 11) is 1.20. The van der Waals surface area contributed by atoms with Crippen molar-refractivity contribution in [2.24, 2.45) is 0 Å². The Bertz CT molecular complexity index is 781. The highest BCUT2D eigenvalue weighted by molar-refractivity contribution is 6.31. The van der Waals surface area contributed by atoms with Gasteiger partial charge in [-0.2, -0.15) is 0 Å². The molecule has 0 aliphatic carbocycles. The van der Waals surface area contributed by atoms with Gasteiger partial charge in [0.25, 0.3) is 5.91 Å². The van der Waals surface area contributed by atoms with Gasteiger partial charge in [-0.15, -0.1) is 0 Å². The number of rotatable bonds is 4. The van der Waals surface area contributed by atoms with E-state index in [1.807, 2.05) is 0 Å². The third-order valence-corrected chi connectivity index (χ3v) is 3.71. The van der Waals surface area contributed by atoms with Crippen LogP contribution in [0.3, 0.4) is 0 Å². The van der Waals surface area contributed by atoms with Gasteiger partial charge in [0.1, 0.15) is 17.6 Å². The molecule has 0 saturated carbocycles. The van der Waals surface area contributed by atoms with E-state index in [1.54, 1.807) is 0 Å². The van der Waals surface area contributed by atoms with Crippen LogP contribution in [0.15, 0.2) is 42.5 Å². The summed E-state index contributed by atoms with van der Waals surface area (Å²) in [6, 6.07) is 8.38. The Hall–Kier alpha value is -2.60. The average Bonchev–Trinajstić information content (AvgIpc) is 2.57. The summed E-state index contributed by atoms with van der Waals surface area (Å²) in [4.78, 5) is 25.9. The summed E-state index contributed by atoms with van der Waals surface area (Å²) in [6.07, 6.45) is 0. The molecule has 126 valence electrons. The molecule has 24 heavy (non-hydrogen) atoms. The minimum atomic E-state index is -0.980. The molecule has 0 fully saturated rings. The second-order valence-corrected chi connectivity index (χ2v) is 5.43. The SMILES string of the molecule is COC(=O)C(C)N(C(=O)c1cccc(O)c1)c1ccc(F)c(Cl)c1. The lowest BCUT2D eigenvalue weighted by Gasteiger charge is -2.28. The summed E-state index contributed by atoms with van der Waals surface area (Å²) >= 11 is 5.78. The predicted octanol–water partition coefficient (Wildman–Crippen LogP) is 3.39. The highest BCUT2D eigenvalue weighted by Crippen LogP contribution is 2.26. The topological polar surface area (TPSA) is 66.8 Å². The van der Waals surface area contributed by atoms with Crippen LogP contribution in [0.2, 0.25) is 5.02 Å². The van der Waals surface area contributed by atoms with Crippen LogP contribution in [0.4, 0.5) is 10.1 Å². The first-order valence-corrected chi connectivity index (χ1v) is 7.38. The normalized spacial score (nSPS) is 11.7. The number of benzene rings is 2. The molecule has 1 unspecified atom stereocenters. The highest BCUT2D eigenvalue weighted by Gasteiger charge is 2.29. The number of halogens is 2. The number of carbonyl (C=O) groups is 2. The maximum absolute atomic E-state index is 13.4. The van der Waals surface area contributed by atoms with Gasteiger partial charge in [-0.3, -0.25) is 9.69 Å². The Kier molecular flexibility index (Phi) is 5.41. The van der Waals surface area contributed by atoms with Crippen LogP contribution >= 0.6 is 11.6 Å². The van der Waals surface area contributed by atoms with Gasteiger partial charge in [-0.1, -0.05) is 17.7 Å². The number of carbonyl (C=O) groups excluding carboxylic acids is 2. The van der Waals surface area contributed by atoms with E-state index in [0.717, 1.165) is 11.0 Å². The monoisotopic (exact) mass is 351 g/mol. The number of ether oxygens (including phenoxy) is 1. The highest BCUT2D eigenvalue weighted by atomic mass is 35.5. The van der Waals surface area contributed by atoms with E-state index in [-0.39, 0.29) is 22.0 Å². The van der Waals surface area contributed by atoms with E-state index < -0.39 is 23.7 Å². The molecule has 0 aromatic heterocycles. The number of hydrogen-bond donors (Lipinski definition) is 1. The maximum Gasteiger partial charge on any atom is 0.328 e. The van der Waals surface area contributed by atoms with Crippen LogP contribution in [0.25, 0.3) is 0 Å². The van der Waals surface area contributed by atoms with Crippen molar-refractivity contribution >= 4 is 29.2 Å². The third-order valence-electron chi connectivity index (χ3n) is 3.42. The van der Waals surface area contributed by atoms with Gasteiger partial charge >= 0.3 is 5.97 Å². The number of nitrogens with zero attached hydrogens (tertiary/aromatic N) is 1. The lowest BCUT2D eigenvalue weighted by atomic mass is 10.1. The van der Waals surface area contributed by atoms with E-state index in [4.69, 9.17) is 11.6 Å². The second-order valence-electron chi connectivity index (χ2n) is 5.02. The quantitative estimate of drug-likeness (QED) is 0.857. The number of hydrogen-bond acceptors (Lipinski definition) is 4. The van der Waals surface area contributed by atoms with Gasteiger partial charge in [-0.05, 0) is 43.3 Å². The minimum absolute atomic E-state index is 0.0938. The number of phenolic OH excluding ortho intramolecular Hbond substituents is 1. The van der Waals surface area contributed by atoms with Crippen LogP contribution in [-0.2, 0) is 9.53 Å². The van der Waals surface area contributed by atoms with Gasteiger partial charge in [0, 0.05) is 11.3 Å². The first-order chi connectivity index (χ1) is 11.3. The summed E-state index contributed by atoms with van der Waals surface area (Å²) < 4.78 is 18.1. The minimum Gasteiger partial charge on any atom is -0.508 e. The Balaban J connectivity index is 2.51. The van der Waals surface area contributed by atoms with Crippen molar-refractivity contribution in [2.75, 3.05) is 12.0 Å². The summed E-state index contributed by atoms with van der Waals surface area (Å²) in [5, 5.41) is 9.37. The molecule has 0 radical (unpaired) electrons. The molecule has 2 rings (SSSR count). The first kappa shape index (κ1) is 17.7.